The third-order valence-electron chi connectivity index (χ3n) is 3.97. The van der Waals surface area contributed by atoms with Crippen LogP contribution < -0.4 is 4.90 Å². The Balaban J connectivity index is 1.68. The number of nitrogens with zero attached hydrogens (tertiary/aromatic N) is 2. The van der Waals surface area contributed by atoms with E-state index >= 15 is 0 Å². The summed E-state index contributed by atoms with van der Waals surface area (Å²) in [5.41, 5.74) is 1.24. The smallest absolute Gasteiger partial charge is 0.291 e. The summed E-state index contributed by atoms with van der Waals surface area (Å²) in [5, 5.41) is 4.40. The van der Waals surface area contributed by atoms with Crippen molar-refractivity contribution in [2.45, 2.75) is 25.6 Å². The molecule has 6 nitrogen and oxygen atoms in total. The minimum absolute atomic E-state index is 0.106. The van der Waals surface area contributed by atoms with Gasteiger partial charge < -0.3 is 9.32 Å². The third kappa shape index (κ3) is 4.07. The first-order chi connectivity index (χ1) is 10.9. The summed E-state index contributed by atoms with van der Waals surface area (Å²) in [6, 6.07) is 10.2. The predicted molar refractivity (Wildman–Crippen MR) is 88.4 cm³/mol. The summed E-state index contributed by atoms with van der Waals surface area (Å²) in [7, 11) is -0.901. The molecular weight excluding hydrogens is 334 g/mol. The van der Waals surface area contributed by atoms with Gasteiger partial charge in [0.1, 0.15) is 6.54 Å². The van der Waals surface area contributed by atoms with Gasteiger partial charge in [-0.25, -0.2) is 8.42 Å². The van der Waals surface area contributed by atoms with E-state index in [1.807, 2.05) is 18.2 Å². The van der Waals surface area contributed by atoms with Crippen LogP contribution in [0.5, 0.6) is 0 Å². The van der Waals surface area contributed by atoms with Crippen molar-refractivity contribution in [2.24, 2.45) is 0 Å². The molecule has 0 radical (unpaired) electrons. The van der Waals surface area contributed by atoms with E-state index in [9.17, 15) is 8.42 Å². The summed E-state index contributed by atoms with van der Waals surface area (Å²) < 4.78 is 30.3. The highest BCUT2D eigenvalue weighted by molar-refractivity contribution is 7.91. The van der Waals surface area contributed by atoms with Gasteiger partial charge in [0.2, 0.25) is 5.89 Å². The fourth-order valence-electron chi connectivity index (χ4n) is 2.83. The summed E-state index contributed by atoms with van der Waals surface area (Å²) in [4.78, 5) is 1.52. The zero-order valence-corrected chi connectivity index (χ0v) is 14.6. The van der Waals surface area contributed by atoms with Gasteiger partial charge in [0.05, 0.1) is 24.5 Å². The molecule has 1 aromatic heterocycles. The maximum atomic E-state index is 11.6. The lowest BCUT2D eigenvalue weighted by Gasteiger charge is -2.13. The van der Waals surface area contributed by atoms with Crippen LogP contribution in [0.2, 0.25) is 0 Å². The van der Waals surface area contributed by atoms with E-state index < -0.39 is 9.84 Å². The lowest BCUT2D eigenvalue weighted by atomic mass is 10.1. The normalized spacial score (nSPS) is 21.3. The second kappa shape index (κ2) is 6.54. The molecule has 0 saturated carbocycles. The summed E-state index contributed by atoms with van der Waals surface area (Å²) in [5.74, 6) is 0.585. The molecular formula is C15H20N3O3S2+. The zero-order valence-electron chi connectivity index (χ0n) is 12.9. The van der Waals surface area contributed by atoms with Crippen molar-refractivity contribution in [3.05, 3.63) is 46.6 Å². The van der Waals surface area contributed by atoms with Gasteiger partial charge in [-0.15, -0.1) is 5.10 Å². The highest BCUT2D eigenvalue weighted by atomic mass is 32.2. The highest BCUT2D eigenvalue weighted by Gasteiger charge is 2.32. The second-order valence-electron chi connectivity index (χ2n) is 6.08. The summed E-state index contributed by atoms with van der Waals surface area (Å²) in [6.45, 7) is 1.43. The van der Waals surface area contributed by atoms with E-state index in [1.54, 1.807) is 4.68 Å². The topological polar surface area (TPSA) is 69.5 Å². The molecule has 2 heterocycles. The first-order valence-electron chi connectivity index (χ1n) is 7.56. The van der Waals surface area contributed by atoms with Gasteiger partial charge in [-0.05, 0) is 18.6 Å². The van der Waals surface area contributed by atoms with Crippen LogP contribution in [0, 0.1) is 4.84 Å². The number of quaternary nitrogens is 1. The van der Waals surface area contributed by atoms with Gasteiger partial charge in [0.15, 0.2) is 16.5 Å². The summed E-state index contributed by atoms with van der Waals surface area (Å²) >= 11 is 5.22. The van der Waals surface area contributed by atoms with Crippen LogP contribution in [0.3, 0.4) is 0 Å². The Bertz CT molecular complexity index is 827. The van der Waals surface area contributed by atoms with Crippen LogP contribution in [-0.4, -0.2) is 36.8 Å². The van der Waals surface area contributed by atoms with Gasteiger partial charge in [-0.2, -0.15) is 4.68 Å². The van der Waals surface area contributed by atoms with Crippen molar-refractivity contribution >= 4 is 22.1 Å². The monoisotopic (exact) mass is 354 g/mol. The predicted octanol–water partition coefficient (Wildman–Crippen LogP) is 0.780. The Morgan fingerprint density at radius 2 is 2.13 bits per heavy atom. The lowest BCUT2D eigenvalue weighted by molar-refractivity contribution is -0.917. The number of sulfone groups is 1. The van der Waals surface area contributed by atoms with Crippen LogP contribution >= 0.6 is 12.2 Å². The minimum atomic E-state index is -2.96. The molecule has 1 aromatic carbocycles. The number of aromatic nitrogens is 2. The molecule has 2 aromatic rings. The highest BCUT2D eigenvalue weighted by Crippen LogP contribution is 2.27. The van der Waals surface area contributed by atoms with E-state index in [0.717, 1.165) is 6.54 Å². The Labute approximate surface area is 140 Å². The molecule has 1 saturated heterocycles. The number of benzene rings is 1. The van der Waals surface area contributed by atoms with Crippen molar-refractivity contribution in [1.29, 1.82) is 0 Å². The van der Waals surface area contributed by atoms with Crippen molar-refractivity contribution in [3.63, 3.8) is 0 Å². The quantitative estimate of drug-likeness (QED) is 0.804. The van der Waals surface area contributed by atoms with Crippen molar-refractivity contribution < 1.29 is 17.7 Å². The van der Waals surface area contributed by atoms with Gasteiger partial charge >= 0.3 is 0 Å². The fourth-order valence-corrected chi connectivity index (χ4v) is 4.76. The Morgan fingerprint density at radius 1 is 1.39 bits per heavy atom. The lowest BCUT2D eigenvalue weighted by Crippen LogP contribution is -3.07. The number of rotatable bonds is 5. The van der Waals surface area contributed by atoms with E-state index in [2.05, 4.69) is 24.3 Å². The van der Waals surface area contributed by atoms with E-state index in [-0.39, 0.29) is 17.4 Å². The molecule has 0 spiro atoms. The van der Waals surface area contributed by atoms with Crippen LogP contribution in [0.4, 0.5) is 0 Å². The molecule has 1 fully saturated rings. The summed E-state index contributed by atoms with van der Waals surface area (Å²) in [6.07, 6.45) is 0.560. The van der Waals surface area contributed by atoms with Gasteiger partial charge in [-0.3, -0.25) is 0 Å². The van der Waals surface area contributed by atoms with Crippen molar-refractivity contribution in [3.8, 4) is 0 Å². The molecule has 0 aliphatic carbocycles. The largest absolute Gasteiger partial charge is 0.413 e. The first kappa shape index (κ1) is 16.4. The molecule has 1 unspecified atom stereocenters. The second-order valence-corrected chi connectivity index (χ2v) is 8.66. The van der Waals surface area contributed by atoms with Gasteiger partial charge in [-0.1, -0.05) is 30.3 Å². The van der Waals surface area contributed by atoms with Crippen molar-refractivity contribution in [2.75, 3.05) is 18.6 Å². The first-order valence-corrected chi connectivity index (χ1v) is 9.79. The molecule has 8 heteroatoms. The third-order valence-corrected chi connectivity index (χ3v) is 6.03. The number of hydrogen-bond donors (Lipinski definition) is 1. The standard InChI is InChI=1S/C15H19N3O3S2/c1-17(9-12-5-3-2-4-6-12)11-18-15(22)21-14(16-18)13-7-8-23(19,20)10-13/h2-6,13H,7-11H2,1H3/p+1/t13-/m0/s1. The molecule has 1 aliphatic heterocycles. The van der Waals surface area contributed by atoms with Crippen LogP contribution in [0.1, 0.15) is 23.8 Å². The van der Waals surface area contributed by atoms with Crippen LogP contribution in [0.25, 0.3) is 0 Å². The average Bonchev–Trinajstić information content (AvgIpc) is 3.03. The molecule has 3 rings (SSSR count). The minimum Gasteiger partial charge on any atom is -0.413 e. The van der Waals surface area contributed by atoms with Crippen LogP contribution in [-0.2, 0) is 23.1 Å². The average molecular weight is 354 g/mol. The molecule has 2 atom stereocenters. The number of nitrogens with one attached hydrogen (secondary N) is 1. The van der Waals surface area contributed by atoms with Crippen LogP contribution in [0.15, 0.2) is 34.7 Å². The zero-order chi connectivity index (χ0) is 16.4. The molecule has 0 bridgehead atoms. The maximum Gasteiger partial charge on any atom is 0.291 e. The van der Waals surface area contributed by atoms with Gasteiger partial charge in [0.25, 0.3) is 4.84 Å². The van der Waals surface area contributed by atoms with E-state index in [1.165, 1.54) is 10.5 Å². The molecule has 23 heavy (non-hydrogen) atoms. The van der Waals surface area contributed by atoms with Crippen molar-refractivity contribution in [1.82, 2.24) is 9.78 Å². The number of hydrogen-bond acceptors (Lipinski definition) is 5. The Hall–Kier alpha value is -1.51. The fraction of sp³-hybridized carbons (Fsp3) is 0.467. The molecule has 0 amide bonds. The Kier molecular flexibility index (Phi) is 4.65. The Morgan fingerprint density at radius 3 is 2.78 bits per heavy atom. The molecule has 1 aliphatic rings. The van der Waals surface area contributed by atoms with Gasteiger partial charge in [0, 0.05) is 5.56 Å². The molecule has 124 valence electrons. The molecule has 1 N–H and O–H groups in total. The van der Waals surface area contributed by atoms with E-state index in [4.69, 9.17) is 16.6 Å². The SMILES string of the molecule is C[NH+](Cc1ccccc1)Cn1nc([C@H]2CCS(=O)(=O)C2)oc1=S. The maximum absolute atomic E-state index is 11.6. The van der Waals surface area contributed by atoms with E-state index in [0.29, 0.717) is 23.8 Å².